The van der Waals surface area contributed by atoms with Crippen LogP contribution in [-0.4, -0.2) is 44.8 Å². The molecule has 0 spiro atoms. The van der Waals surface area contributed by atoms with Crippen molar-refractivity contribution in [3.05, 3.63) is 12.2 Å². The van der Waals surface area contributed by atoms with Crippen molar-refractivity contribution in [2.75, 3.05) is 27.7 Å². The van der Waals surface area contributed by atoms with Crippen LogP contribution in [0.25, 0.3) is 0 Å². The average molecular weight is 217 g/mol. The fourth-order valence-corrected chi connectivity index (χ4v) is 0.909. The van der Waals surface area contributed by atoms with Crippen molar-refractivity contribution in [3.63, 3.8) is 0 Å². The molecule has 0 aromatic heterocycles. The van der Waals surface area contributed by atoms with Crippen molar-refractivity contribution in [3.8, 4) is 0 Å². The second-order valence-corrected chi connectivity index (χ2v) is 3.21. The second-order valence-electron chi connectivity index (χ2n) is 3.21. The third-order valence-electron chi connectivity index (χ3n) is 1.73. The molecular weight excluding hydrogens is 198 g/mol. The number of methoxy groups -OCH3 is 2. The van der Waals surface area contributed by atoms with E-state index in [9.17, 15) is 4.79 Å². The van der Waals surface area contributed by atoms with E-state index in [0.717, 1.165) is 0 Å². The molecule has 1 unspecified atom stereocenters. The largest absolute Gasteiger partial charge is 0.443 e. The number of hydrogen-bond donors (Lipinski definition) is 0. The fraction of sp³-hybridized carbons (Fsp3) is 0.700. The topological polar surface area (TPSA) is 48.0 Å². The Hall–Kier alpha value is -0.910. The van der Waals surface area contributed by atoms with Gasteiger partial charge in [0.25, 0.3) is 0 Å². The first-order valence-electron chi connectivity index (χ1n) is 4.61. The highest BCUT2D eigenvalue weighted by atomic mass is 16.6. The molecule has 0 rings (SSSR count). The van der Waals surface area contributed by atoms with Gasteiger partial charge < -0.3 is 14.2 Å². The lowest BCUT2D eigenvalue weighted by molar-refractivity contribution is -0.165. The van der Waals surface area contributed by atoms with Crippen LogP contribution in [0.15, 0.2) is 12.2 Å². The number of esters is 1. The van der Waals surface area contributed by atoms with Gasteiger partial charge in [-0.1, -0.05) is 6.58 Å². The summed E-state index contributed by atoms with van der Waals surface area (Å²) >= 11 is 0. The summed E-state index contributed by atoms with van der Waals surface area (Å²) in [5.41, 5.74) is 0.372. The third-order valence-corrected chi connectivity index (χ3v) is 1.73. The third kappa shape index (κ3) is 5.51. The number of carbonyl (C=O) groups is 1. The smallest absolute Gasteiger partial charge is 0.334 e. The van der Waals surface area contributed by atoms with Gasteiger partial charge in [-0.2, -0.15) is 0 Å². The second kappa shape index (κ2) is 7.39. The van der Waals surface area contributed by atoms with E-state index in [2.05, 4.69) is 6.58 Å². The zero-order valence-corrected chi connectivity index (χ0v) is 9.78. The van der Waals surface area contributed by atoms with E-state index in [1.54, 1.807) is 33.0 Å². The van der Waals surface area contributed by atoms with Gasteiger partial charge in [0.1, 0.15) is 13.5 Å². The Morgan fingerprint density at radius 3 is 2.13 bits per heavy atom. The average Bonchev–Trinajstić information content (AvgIpc) is 2.17. The molecule has 0 saturated carbocycles. The van der Waals surface area contributed by atoms with Crippen molar-refractivity contribution in [1.29, 1.82) is 0 Å². The van der Waals surface area contributed by atoms with Crippen LogP contribution in [0.5, 0.6) is 0 Å². The summed E-state index contributed by atoms with van der Waals surface area (Å²) in [6.45, 7) is 7.52. The van der Waals surface area contributed by atoms with Crippen LogP contribution in [-0.2, 0) is 19.0 Å². The van der Waals surface area contributed by atoms with Gasteiger partial charge >= 0.3 is 5.97 Å². The first kappa shape index (κ1) is 14.1. The van der Waals surface area contributed by atoms with Gasteiger partial charge in [0.05, 0.1) is 0 Å². The van der Waals surface area contributed by atoms with E-state index in [0.29, 0.717) is 19.0 Å². The molecular formula is C10H19NO4. The Morgan fingerprint density at radius 2 is 1.80 bits per heavy atom. The minimum absolute atomic E-state index is 0.332. The van der Waals surface area contributed by atoms with Crippen LogP contribution in [0.1, 0.15) is 13.8 Å². The van der Waals surface area contributed by atoms with Gasteiger partial charge in [-0.15, -0.1) is 0 Å². The molecule has 0 radical (unpaired) electrons. The highest BCUT2D eigenvalue weighted by Crippen LogP contribution is 2.04. The maximum Gasteiger partial charge on any atom is 0.334 e. The number of rotatable bonds is 7. The van der Waals surface area contributed by atoms with Crippen molar-refractivity contribution in [2.45, 2.75) is 20.1 Å². The molecule has 15 heavy (non-hydrogen) atoms. The first-order valence-corrected chi connectivity index (χ1v) is 4.61. The molecule has 0 aliphatic rings. The quantitative estimate of drug-likeness (QED) is 0.361. The van der Waals surface area contributed by atoms with E-state index >= 15 is 0 Å². The van der Waals surface area contributed by atoms with Crippen LogP contribution in [0, 0.1) is 0 Å². The molecule has 0 N–H and O–H groups in total. The lowest BCUT2D eigenvalue weighted by Crippen LogP contribution is -2.39. The molecule has 0 fully saturated rings. The molecule has 0 aliphatic heterocycles. The summed E-state index contributed by atoms with van der Waals surface area (Å²) in [7, 11) is 3.13. The zero-order valence-electron chi connectivity index (χ0n) is 9.78. The van der Waals surface area contributed by atoms with Gasteiger partial charge in [-0.05, 0) is 13.8 Å². The molecule has 88 valence electrons. The van der Waals surface area contributed by atoms with E-state index in [4.69, 9.17) is 14.2 Å². The van der Waals surface area contributed by atoms with E-state index in [1.165, 1.54) is 0 Å². The van der Waals surface area contributed by atoms with E-state index in [1.807, 2.05) is 0 Å². The highest BCUT2D eigenvalue weighted by Gasteiger charge is 2.17. The summed E-state index contributed by atoms with van der Waals surface area (Å²) in [6.07, 6.45) is -0.408. The van der Waals surface area contributed by atoms with Crippen LogP contribution in [0.3, 0.4) is 0 Å². The predicted molar refractivity (Wildman–Crippen MR) is 56.0 cm³/mol. The van der Waals surface area contributed by atoms with E-state index in [-0.39, 0.29) is 0 Å². The summed E-state index contributed by atoms with van der Waals surface area (Å²) in [4.78, 5) is 13.0. The SMILES string of the molecule is C=C(C)C(=O)OC(C)N(COC)COC. The van der Waals surface area contributed by atoms with Gasteiger partial charge in [-0.25, -0.2) is 9.69 Å². The number of nitrogens with zero attached hydrogens (tertiary/aromatic N) is 1. The lowest BCUT2D eigenvalue weighted by Gasteiger charge is -2.26. The molecule has 5 nitrogen and oxygen atoms in total. The maximum atomic E-state index is 11.2. The first-order chi connectivity index (χ1) is 7.02. The molecule has 0 heterocycles. The highest BCUT2D eigenvalue weighted by molar-refractivity contribution is 5.87. The Kier molecular flexibility index (Phi) is 6.94. The molecule has 0 saturated heterocycles. The fourth-order valence-electron chi connectivity index (χ4n) is 0.909. The minimum Gasteiger partial charge on any atom is -0.443 e. The van der Waals surface area contributed by atoms with Gasteiger partial charge in [0.2, 0.25) is 0 Å². The maximum absolute atomic E-state index is 11.2. The molecule has 5 heteroatoms. The summed E-state index contributed by atoms with van der Waals surface area (Å²) in [5, 5.41) is 0. The van der Waals surface area contributed by atoms with Crippen molar-refractivity contribution in [2.24, 2.45) is 0 Å². The molecule has 0 amide bonds. The Morgan fingerprint density at radius 1 is 1.33 bits per heavy atom. The van der Waals surface area contributed by atoms with Crippen molar-refractivity contribution in [1.82, 2.24) is 4.90 Å². The van der Waals surface area contributed by atoms with Crippen LogP contribution < -0.4 is 0 Å². The van der Waals surface area contributed by atoms with Crippen molar-refractivity contribution < 1.29 is 19.0 Å². The van der Waals surface area contributed by atoms with Crippen LogP contribution >= 0.6 is 0 Å². The summed E-state index contributed by atoms with van der Waals surface area (Å²) in [6, 6.07) is 0. The lowest BCUT2D eigenvalue weighted by atomic mass is 10.4. The molecule has 0 aliphatic carbocycles. The number of carbonyl (C=O) groups excluding carboxylic acids is 1. The van der Waals surface area contributed by atoms with Gasteiger partial charge in [0, 0.05) is 19.8 Å². The monoisotopic (exact) mass is 217 g/mol. The minimum atomic E-state index is -0.417. The molecule has 1 atom stereocenters. The molecule has 0 bridgehead atoms. The Balaban J connectivity index is 4.17. The summed E-state index contributed by atoms with van der Waals surface area (Å²) in [5.74, 6) is -0.417. The zero-order chi connectivity index (χ0) is 11.8. The van der Waals surface area contributed by atoms with Crippen LogP contribution in [0.4, 0.5) is 0 Å². The number of ether oxygens (including phenoxy) is 3. The number of hydrogen-bond acceptors (Lipinski definition) is 5. The van der Waals surface area contributed by atoms with Gasteiger partial charge in [0.15, 0.2) is 6.23 Å². The van der Waals surface area contributed by atoms with Crippen LogP contribution in [0.2, 0.25) is 0 Å². The Bertz CT molecular complexity index is 211. The van der Waals surface area contributed by atoms with Gasteiger partial charge in [-0.3, -0.25) is 0 Å². The molecule has 0 aromatic carbocycles. The Labute approximate surface area is 90.6 Å². The standard InChI is InChI=1S/C10H19NO4/c1-8(2)10(12)15-9(3)11(6-13-4)7-14-5/h9H,1,6-7H2,2-5H3. The summed E-state index contributed by atoms with van der Waals surface area (Å²) < 4.78 is 15.0. The van der Waals surface area contributed by atoms with Crippen molar-refractivity contribution >= 4 is 5.97 Å². The predicted octanol–water partition coefficient (Wildman–Crippen LogP) is 0.962. The van der Waals surface area contributed by atoms with E-state index < -0.39 is 12.2 Å². The normalized spacial score (nSPS) is 12.6. The molecule has 0 aromatic rings.